The molecule has 0 spiro atoms. The largest absolute Gasteiger partial charge is 0.489 e. The van der Waals surface area contributed by atoms with Crippen LogP contribution in [0.5, 0.6) is 5.75 Å². The van der Waals surface area contributed by atoms with Gasteiger partial charge in [-0.1, -0.05) is 30.3 Å². The Bertz CT molecular complexity index is 809. The van der Waals surface area contributed by atoms with E-state index in [1.54, 1.807) is 0 Å². The molecule has 1 saturated heterocycles. The summed E-state index contributed by atoms with van der Waals surface area (Å²) in [5.74, 6) is 0.937. The first-order valence-corrected chi connectivity index (χ1v) is 8.76. The van der Waals surface area contributed by atoms with E-state index in [0.29, 0.717) is 12.6 Å². The summed E-state index contributed by atoms with van der Waals surface area (Å²) in [5.41, 5.74) is 3.78. The number of hydrogen-bond donors (Lipinski definition) is 1. The summed E-state index contributed by atoms with van der Waals surface area (Å²) in [6.07, 6.45) is 5.89. The Morgan fingerprint density at radius 1 is 1.17 bits per heavy atom. The van der Waals surface area contributed by atoms with Crippen LogP contribution in [-0.2, 0) is 13.0 Å². The van der Waals surface area contributed by atoms with Gasteiger partial charge in [0.1, 0.15) is 12.4 Å². The second-order valence-corrected chi connectivity index (χ2v) is 6.78. The topological polar surface area (TPSA) is 28.3 Å². The van der Waals surface area contributed by atoms with E-state index in [1.165, 1.54) is 41.4 Å². The predicted octanol–water partition coefficient (Wildman–Crippen LogP) is 4.38. The first-order chi connectivity index (χ1) is 11.8. The van der Waals surface area contributed by atoms with Crippen LogP contribution < -0.4 is 4.74 Å². The van der Waals surface area contributed by atoms with Gasteiger partial charge < -0.3 is 14.6 Å². The Balaban J connectivity index is 1.52. The van der Waals surface area contributed by atoms with Gasteiger partial charge in [-0.3, -0.25) is 0 Å². The Morgan fingerprint density at radius 2 is 2.04 bits per heavy atom. The van der Waals surface area contributed by atoms with Crippen LogP contribution >= 0.6 is 0 Å². The molecule has 2 aromatic carbocycles. The van der Waals surface area contributed by atoms with E-state index >= 15 is 0 Å². The molecule has 0 bridgehead atoms. The summed E-state index contributed by atoms with van der Waals surface area (Å²) in [7, 11) is 2.24. The normalized spacial score (nSPS) is 18.3. The van der Waals surface area contributed by atoms with Crippen LogP contribution in [0.1, 0.15) is 24.0 Å². The van der Waals surface area contributed by atoms with Crippen molar-refractivity contribution < 1.29 is 4.74 Å². The first kappa shape index (κ1) is 15.3. The monoisotopic (exact) mass is 320 g/mol. The van der Waals surface area contributed by atoms with Crippen LogP contribution in [0.4, 0.5) is 0 Å². The first-order valence-electron chi connectivity index (χ1n) is 8.76. The quantitative estimate of drug-likeness (QED) is 0.755. The number of hydrogen-bond acceptors (Lipinski definition) is 2. The highest BCUT2D eigenvalue weighted by molar-refractivity contribution is 5.84. The average Bonchev–Trinajstić information content (AvgIpc) is 3.21. The van der Waals surface area contributed by atoms with E-state index in [1.807, 2.05) is 24.3 Å². The molecular formula is C21H24N2O. The molecule has 3 nitrogen and oxygen atoms in total. The summed E-state index contributed by atoms with van der Waals surface area (Å²) in [4.78, 5) is 5.88. The zero-order valence-corrected chi connectivity index (χ0v) is 14.2. The van der Waals surface area contributed by atoms with Crippen LogP contribution in [0.3, 0.4) is 0 Å². The van der Waals surface area contributed by atoms with E-state index in [-0.39, 0.29) is 0 Å². The Labute approximate surface area is 143 Å². The number of nitrogens with one attached hydrogen (secondary N) is 1. The molecule has 3 heteroatoms. The number of nitrogens with zero attached hydrogens (tertiary/aromatic N) is 1. The SMILES string of the molecule is CN1CCCC1Cc1c[nH]c2ccc(OCc3ccccc3)cc12. The molecule has 2 heterocycles. The van der Waals surface area contributed by atoms with Crippen molar-refractivity contribution in [2.75, 3.05) is 13.6 Å². The van der Waals surface area contributed by atoms with Gasteiger partial charge >= 0.3 is 0 Å². The Kier molecular flexibility index (Phi) is 4.26. The molecule has 0 amide bonds. The molecule has 124 valence electrons. The van der Waals surface area contributed by atoms with Crippen molar-refractivity contribution in [3.63, 3.8) is 0 Å². The standard InChI is InChI=1S/C21H24N2O/c1-23-11-5-8-18(23)12-17-14-22-21-10-9-19(13-20(17)21)24-15-16-6-3-2-4-7-16/h2-4,6-7,9-10,13-14,18,22H,5,8,11-12,15H2,1H3. The van der Waals surface area contributed by atoms with Gasteiger partial charge in [0.15, 0.2) is 0 Å². The zero-order chi connectivity index (χ0) is 16.4. The van der Waals surface area contributed by atoms with Crippen LogP contribution in [-0.4, -0.2) is 29.5 Å². The molecule has 0 radical (unpaired) electrons. The van der Waals surface area contributed by atoms with Crippen molar-refractivity contribution in [3.05, 3.63) is 65.9 Å². The van der Waals surface area contributed by atoms with Crippen LogP contribution in [0.15, 0.2) is 54.7 Å². The minimum absolute atomic E-state index is 0.609. The molecule has 0 saturated carbocycles. The smallest absolute Gasteiger partial charge is 0.120 e. The molecule has 1 aliphatic heterocycles. The number of aromatic amines is 1. The lowest BCUT2D eigenvalue weighted by molar-refractivity contribution is 0.306. The number of benzene rings is 2. The fraction of sp³-hybridized carbons (Fsp3) is 0.333. The number of fused-ring (bicyclic) bond motifs is 1. The second-order valence-electron chi connectivity index (χ2n) is 6.78. The van der Waals surface area contributed by atoms with Crippen molar-refractivity contribution in [1.29, 1.82) is 0 Å². The molecule has 1 atom stereocenters. The molecule has 3 aromatic rings. The number of aromatic nitrogens is 1. The Morgan fingerprint density at radius 3 is 2.83 bits per heavy atom. The summed E-state index contributed by atoms with van der Waals surface area (Å²) in [6.45, 7) is 1.83. The van der Waals surface area contributed by atoms with Gasteiger partial charge in [0.2, 0.25) is 0 Å². The maximum atomic E-state index is 5.99. The van der Waals surface area contributed by atoms with Crippen LogP contribution in [0.25, 0.3) is 10.9 Å². The summed E-state index contributed by atoms with van der Waals surface area (Å²) in [6, 6.07) is 17.3. The lowest BCUT2D eigenvalue weighted by atomic mass is 10.0. The lowest BCUT2D eigenvalue weighted by Crippen LogP contribution is -2.26. The van der Waals surface area contributed by atoms with Gasteiger partial charge in [-0.25, -0.2) is 0 Å². The maximum absolute atomic E-state index is 5.99. The van der Waals surface area contributed by atoms with Gasteiger partial charge in [-0.2, -0.15) is 0 Å². The summed E-state index contributed by atoms with van der Waals surface area (Å²) >= 11 is 0. The highest BCUT2D eigenvalue weighted by atomic mass is 16.5. The van der Waals surface area contributed by atoms with Gasteiger partial charge in [0, 0.05) is 23.1 Å². The van der Waals surface area contributed by atoms with Crippen molar-refractivity contribution in [2.45, 2.75) is 31.9 Å². The molecule has 1 aromatic heterocycles. The number of ether oxygens (including phenoxy) is 1. The average molecular weight is 320 g/mol. The molecule has 1 aliphatic rings. The highest BCUT2D eigenvalue weighted by Crippen LogP contribution is 2.28. The minimum atomic E-state index is 0.609. The van der Waals surface area contributed by atoms with Gasteiger partial charge in [-0.05, 0) is 62.2 Å². The Hall–Kier alpha value is -2.26. The number of H-pyrrole nitrogens is 1. The third kappa shape index (κ3) is 3.17. The third-order valence-electron chi connectivity index (χ3n) is 5.11. The fourth-order valence-electron chi connectivity index (χ4n) is 3.65. The van der Waals surface area contributed by atoms with Crippen LogP contribution in [0.2, 0.25) is 0 Å². The van der Waals surface area contributed by atoms with Crippen molar-refractivity contribution in [1.82, 2.24) is 9.88 Å². The summed E-state index contributed by atoms with van der Waals surface area (Å²) < 4.78 is 5.99. The van der Waals surface area contributed by atoms with E-state index in [4.69, 9.17) is 4.74 Å². The zero-order valence-electron chi connectivity index (χ0n) is 14.2. The van der Waals surface area contributed by atoms with Gasteiger partial charge in [-0.15, -0.1) is 0 Å². The van der Waals surface area contributed by atoms with Gasteiger partial charge in [0.05, 0.1) is 0 Å². The fourth-order valence-corrected chi connectivity index (χ4v) is 3.65. The van der Waals surface area contributed by atoms with E-state index < -0.39 is 0 Å². The maximum Gasteiger partial charge on any atom is 0.120 e. The molecule has 1 fully saturated rings. The van der Waals surface area contributed by atoms with Crippen LogP contribution in [0, 0.1) is 0 Å². The molecule has 0 aliphatic carbocycles. The van der Waals surface area contributed by atoms with E-state index in [0.717, 1.165) is 12.2 Å². The van der Waals surface area contributed by atoms with Crippen molar-refractivity contribution in [2.24, 2.45) is 0 Å². The number of rotatable bonds is 5. The number of likely N-dealkylation sites (N-methyl/N-ethyl adjacent to an activating group) is 1. The third-order valence-corrected chi connectivity index (χ3v) is 5.11. The van der Waals surface area contributed by atoms with E-state index in [9.17, 15) is 0 Å². The highest BCUT2D eigenvalue weighted by Gasteiger charge is 2.22. The molecule has 4 rings (SSSR count). The molecule has 1 unspecified atom stereocenters. The minimum Gasteiger partial charge on any atom is -0.489 e. The predicted molar refractivity (Wildman–Crippen MR) is 98.4 cm³/mol. The number of likely N-dealkylation sites (tertiary alicyclic amines) is 1. The molecular weight excluding hydrogens is 296 g/mol. The summed E-state index contributed by atoms with van der Waals surface area (Å²) in [5, 5.41) is 1.29. The van der Waals surface area contributed by atoms with Crippen molar-refractivity contribution in [3.8, 4) is 5.75 Å². The van der Waals surface area contributed by atoms with E-state index in [2.05, 4.69) is 47.4 Å². The molecule has 24 heavy (non-hydrogen) atoms. The van der Waals surface area contributed by atoms with Gasteiger partial charge in [0.25, 0.3) is 0 Å². The van der Waals surface area contributed by atoms with Crippen molar-refractivity contribution >= 4 is 10.9 Å². The lowest BCUT2D eigenvalue weighted by Gasteiger charge is -2.18. The second kappa shape index (κ2) is 6.70. The molecule has 1 N–H and O–H groups in total.